The van der Waals surface area contributed by atoms with E-state index >= 15 is 0 Å². The minimum atomic E-state index is -0.828. The molecule has 0 bridgehead atoms. The van der Waals surface area contributed by atoms with Gasteiger partial charge in [0.2, 0.25) is 0 Å². The first kappa shape index (κ1) is 57.1. The van der Waals surface area contributed by atoms with Crippen LogP contribution < -0.4 is 0 Å². The van der Waals surface area contributed by atoms with Crippen molar-refractivity contribution in [2.24, 2.45) is 0 Å². The Hall–Kier alpha value is -3.93. The number of ether oxygens (including phenoxy) is 3. The second-order valence-electron chi connectivity index (χ2n) is 15.6. The number of allylic oxidation sites excluding steroid dienone is 18. The minimum Gasteiger partial charge on any atom is -0.462 e. The van der Waals surface area contributed by atoms with Crippen LogP contribution in [0.25, 0.3) is 0 Å². The maximum absolute atomic E-state index is 12.8. The van der Waals surface area contributed by atoms with E-state index in [1.807, 2.05) is 12.2 Å². The average Bonchev–Trinajstić information content (AvgIpc) is 3.26. The van der Waals surface area contributed by atoms with E-state index in [0.29, 0.717) is 19.3 Å². The third-order valence-electron chi connectivity index (χ3n) is 9.76. The van der Waals surface area contributed by atoms with Gasteiger partial charge in [0, 0.05) is 19.3 Å². The molecule has 0 rings (SSSR count). The van der Waals surface area contributed by atoms with Crippen molar-refractivity contribution in [2.75, 3.05) is 13.2 Å². The first-order chi connectivity index (χ1) is 30.0. The molecule has 0 aromatic carbocycles. The Bertz CT molecular complexity index is 1290. The van der Waals surface area contributed by atoms with Crippen molar-refractivity contribution >= 4 is 17.9 Å². The van der Waals surface area contributed by atoms with Crippen LogP contribution in [0.1, 0.15) is 201 Å². The molecule has 0 N–H and O–H groups in total. The number of rotatable bonds is 42. The molecule has 0 aliphatic rings. The molecule has 0 radical (unpaired) electrons. The standard InChI is InChI=1S/C55H88O6/c1-4-7-10-13-16-19-22-25-27-30-33-36-39-42-45-48-54(57)60-51-52(50-59-53(56)47-44-41-38-35-32-29-24-21-18-15-12-9-6-3)61-55(58)49-46-43-40-37-34-31-28-26-23-20-17-14-11-8-5-2/h7,9-10,12,16,18-19,21,25-29,32-33,36,38,41,52H,4-6,8,11,13-15,17,20,22-24,30-31,34-35,37,39-40,42-51H2,1-3H3/b10-7-,12-9-,19-16-,21-18-,27-25-,28-26-,32-29-,36-33-,41-38-. The molecular formula is C55H88O6. The maximum Gasteiger partial charge on any atom is 0.306 e. The molecule has 0 aromatic heterocycles. The fraction of sp³-hybridized carbons (Fsp3) is 0.618. The predicted octanol–water partition coefficient (Wildman–Crippen LogP) is 16.0. The van der Waals surface area contributed by atoms with Crippen LogP contribution in [0.15, 0.2) is 109 Å². The van der Waals surface area contributed by atoms with Crippen LogP contribution in [-0.2, 0) is 28.6 Å². The van der Waals surface area contributed by atoms with Crippen molar-refractivity contribution in [2.45, 2.75) is 207 Å². The summed E-state index contributed by atoms with van der Waals surface area (Å²) in [6, 6.07) is 0. The van der Waals surface area contributed by atoms with Gasteiger partial charge in [0.25, 0.3) is 0 Å². The van der Waals surface area contributed by atoms with Crippen LogP contribution in [0.3, 0.4) is 0 Å². The van der Waals surface area contributed by atoms with Crippen LogP contribution in [0.2, 0.25) is 0 Å². The van der Waals surface area contributed by atoms with Crippen molar-refractivity contribution in [3.05, 3.63) is 109 Å². The van der Waals surface area contributed by atoms with Crippen LogP contribution in [0.4, 0.5) is 0 Å². The monoisotopic (exact) mass is 845 g/mol. The summed E-state index contributed by atoms with van der Waals surface area (Å²) in [5, 5.41) is 0. The van der Waals surface area contributed by atoms with Crippen LogP contribution >= 0.6 is 0 Å². The maximum atomic E-state index is 12.8. The summed E-state index contributed by atoms with van der Waals surface area (Å²) in [4.78, 5) is 37.8. The molecule has 61 heavy (non-hydrogen) atoms. The van der Waals surface area contributed by atoms with Crippen molar-refractivity contribution in [3.8, 4) is 0 Å². The van der Waals surface area contributed by atoms with Gasteiger partial charge in [-0.2, -0.15) is 0 Å². The summed E-state index contributed by atoms with van der Waals surface area (Å²) >= 11 is 0. The van der Waals surface area contributed by atoms with E-state index in [2.05, 4.69) is 118 Å². The predicted molar refractivity (Wildman–Crippen MR) is 260 cm³/mol. The lowest BCUT2D eigenvalue weighted by Gasteiger charge is -2.18. The number of hydrogen-bond acceptors (Lipinski definition) is 6. The number of esters is 3. The molecule has 0 spiro atoms. The number of unbranched alkanes of at least 4 members (excludes halogenated alkanes) is 13. The average molecular weight is 845 g/mol. The minimum absolute atomic E-state index is 0.127. The van der Waals surface area contributed by atoms with Gasteiger partial charge in [0.05, 0.1) is 0 Å². The van der Waals surface area contributed by atoms with E-state index in [9.17, 15) is 14.4 Å². The summed E-state index contributed by atoms with van der Waals surface area (Å²) in [7, 11) is 0. The molecule has 0 aromatic rings. The summed E-state index contributed by atoms with van der Waals surface area (Å²) in [5.74, 6) is -1.07. The van der Waals surface area contributed by atoms with Gasteiger partial charge in [-0.1, -0.05) is 182 Å². The lowest BCUT2D eigenvalue weighted by Crippen LogP contribution is -2.30. The molecular weight excluding hydrogens is 757 g/mol. The number of carbonyl (C=O) groups excluding carboxylic acids is 3. The van der Waals surface area contributed by atoms with Gasteiger partial charge in [-0.25, -0.2) is 0 Å². The van der Waals surface area contributed by atoms with Gasteiger partial charge >= 0.3 is 17.9 Å². The zero-order valence-corrected chi connectivity index (χ0v) is 39.1. The fourth-order valence-corrected chi connectivity index (χ4v) is 6.15. The first-order valence-corrected chi connectivity index (χ1v) is 24.4. The molecule has 0 aliphatic carbocycles. The highest BCUT2D eigenvalue weighted by Gasteiger charge is 2.19. The van der Waals surface area contributed by atoms with Gasteiger partial charge in [-0.3, -0.25) is 14.4 Å². The SMILES string of the molecule is CC/C=C\C/C=C\C/C=C\C/C=C\CCCCC(=O)OCC(COC(=O)CC/C=C\C/C=C\C/C=C\C/C=C\CC)OC(=O)CCCCCCC/C=C\CCCCCCCC. The highest BCUT2D eigenvalue weighted by Crippen LogP contribution is 2.12. The molecule has 0 saturated heterocycles. The topological polar surface area (TPSA) is 78.9 Å². The molecule has 0 aliphatic heterocycles. The lowest BCUT2D eigenvalue weighted by molar-refractivity contribution is -0.166. The second kappa shape index (κ2) is 48.7. The zero-order valence-electron chi connectivity index (χ0n) is 39.1. The van der Waals surface area contributed by atoms with Gasteiger partial charge in [-0.05, 0) is 109 Å². The van der Waals surface area contributed by atoms with Crippen molar-refractivity contribution in [3.63, 3.8) is 0 Å². The Morgan fingerprint density at radius 1 is 0.344 bits per heavy atom. The second-order valence-corrected chi connectivity index (χ2v) is 15.6. The summed E-state index contributed by atoms with van der Waals surface area (Å²) < 4.78 is 16.6. The molecule has 0 saturated carbocycles. The van der Waals surface area contributed by atoms with E-state index < -0.39 is 6.10 Å². The normalized spacial score (nSPS) is 13.0. The highest BCUT2D eigenvalue weighted by atomic mass is 16.6. The smallest absolute Gasteiger partial charge is 0.306 e. The van der Waals surface area contributed by atoms with Gasteiger partial charge in [0.1, 0.15) is 13.2 Å². The van der Waals surface area contributed by atoms with E-state index in [4.69, 9.17) is 14.2 Å². The Balaban J connectivity index is 4.57. The van der Waals surface area contributed by atoms with E-state index in [1.54, 1.807) is 0 Å². The van der Waals surface area contributed by atoms with Gasteiger partial charge in [0.15, 0.2) is 6.10 Å². The quantitative estimate of drug-likeness (QED) is 0.0264. The third kappa shape index (κ3) is 47.0. The number of carbonyl (C=O) groups is 3. The first-order valence-electron chi connectivity index (χ1n) is 24.4. The van der Waals surface area contributed by atoms with E-state index in [1.165, 1.54) is 51.4 Å². The van der Waals surface area contributed by atoms with Crippen molar-refractivity contribution < 1.29 is 28.6 Å². The third-order valence-corrected chi connectivity index (χ3v) is 9.76. The van der Waals surface area contributed by atoms with Crippen LogP contribution in [0.5, 0.6) is 0 Å². The molecule has 1 atom stereocenters. The highest BCUT2D eigenvalue weighted by molar-refractivity contribution is 5.71. The van der Waals surface area contributed by atoms with Crippen molar-refractivity contribution in [1.82, 2.24) is 0 Å². The Labute approximate surface area is 374 Å². The summed E-state index contributed by atoms with van der Waals surface area (Å²) in [6.07, 6.45) is 65.1. The van der Waals surface area contributed by atoms with Crippen LogP contribution in [0, 0.1) is 0 Å². The lowest BCUT2D eigenvalue weighted by atomic mass is 10.1. The molecule has 1 unspecified atom stereocenters. The molecule has 0 amide bonds. The van der Waals surface area contributed by atoms with Gasteiger partial charge < -0.3 is 14.2 Å². The van der Waals surface area contributed by atoms with Gasteiger partial charge in [-0.15, -0.1) is 0 Å². The molecule has 6 nitrogen and oxygen atoms in total. The van der Waals surface area contributed by atoms with Crippen LogP contribution in [-0.4, -0.2) is 37.2 Å². The van der Waals surface area contributed by atoms with Crippen molar-refractivity contribution in [1.29, 1.82) is 0 Å². The fourth-order valence-electron chi connectivity index (χ4n) is 6.15. The molecule has 0 fully saturated rings. The largest absolute Gasteiger partial charge is 0.462 e. The van der Waals surface area contributed by atoms with E-state index in [-0.39, 0.29) is 44.0 Å². The van der Waals surface area contributed by atoms with E-state index in [0.717, 1.165) is 96.3 Å². The number of hydrogen-bond donors (Lipinski definition) is 0. The summed E-state index contributed by atoms with van der Waals surface area (Å²) in [6.45, 7) is 6.27. The Morgan fingerprint density at radius 2 is 0.672 bits per heavy atom. The zero-order chi connectivity index (χ0) is 44.4. The Morgan fingerprint density at radius 3 is 1.15 bits per heavy atom. The molecule has 6 heteroatoms. The molecule has 0 heterocycles. The summed E-state index contributed by atoms with van der Waals surface area (Å²) in [5.41, 5.74) is 0. The Kier molecular flexibility index (Phi) is 45.6. The molecule has 344 valence electrons.